The maximum Gasteiger partial charge on any atom is 0.227 e. The molecule has 2 fully saturated rings. The summed E-state index contributed by atoms with van der Waals surface area (Å²) >= 11 is 0. The third-order valence-corrected chi connectivity index (χ3v) is 6.14. The Morgan fingerprint density at radius 2 is 1.93 bits per heavy atom. The fourth-order valence-corrected chi connectivity index (χ4v) is 4.46. The fourth-order valence-electron chi connectivity index (χ4n) is 4.46. The van der Waals surface area contributed by atoms with Crippen LogP contribution in [0, 0.1) is 5.41 Å². The number of ether oxygens (including phenoxy) is 1. The van der Waals surface area contributed by atoms with E-state index < -0.39 is 0 Å². The highest BCUT2D eigenvalue weighted by atomic mass is 16.5. The summed E-state index contributed by atoms with van der Waals surface area (Å²) in [5.41, 5.74) is 2.23. The van der Waals surface area contributed by atoms with Crippen molar-refractivity contribution in [1.29, 1.82) is 0 Å². The molecule has 0 saturated carbocycles. The highest BCUT2D eigenvalue weighted by molar-refractivity contribution is 5.79. The molecule has 2 amide bonds. The summed E-state index contributed by atoms with van der Waals surface area (Å²) in [5, 5.41) is 0. The van der Waals surface area contributed by atoms with Crippen molar-refractivity contribution in [3.8, 4) is 0 Å². The molecule has 28 heavy (non-hydrogen) atoms. The van der Waals surface area contributed by atoms with Crippen LogP contribution in [0.5, 0.6) is 0 Å². The van der Waals surface area contributed by atoms with Gasteiger partial charge in [0, 0.05) is 64.9 Å². The molecule has 0 radical (unpaired) electrons. The quantitative estimate of drug-likeness (QED) is 0.751. The molecule has 0 aromatic heterocycles. The minimum Gasteiger partial charge on any atom is -0.383 e. The zero-order chi connectivity index (χ0) is 20.1. The molecule has 1 aromatic rings. The summed E-state index contributed by atoms with van der Waals surface area (Å²) in [4.78, 5) is 31.2. The second-order valence-electron chi connectivity index (χ2n) is 8.46. The highest BCUT2D eigenvalue weighted by Gasteiger charge is 2.42. The van der Waals surface area contributed by atoms with E-state index in [-0.39, 0.29) is 17.2 Å². The van der Waals surface area contributed by atoms with Gasteiger partial charge in [0.1, 0.15) is 0 Å². The average molecular weight is 388 g/mol. The monoisotopic (exact) mass is 387 g/mol. The van der Waals surface area contributed by atoms with E-state index in [1.54, 1.807) is 7.11 Å². The zero-order valence-corrected chi connectivity index (χ0v) is 17.4. The second kappa shape index (κ2) is 8.95. The van der Waals surface area contributed by atoms with Crippen molar-refractivity contribution in [3.63, 3.8) is 0 Å². The molecule has 2 saturated heterocycles. The van der Waals surface area contributed by atoms with Gasteiger partial charge in [0.25, 0.3) is 0 Å². The lowest BCUT2D eigenvalue weighted by atomic mass is 9.73. The average Bonchev–Trinajstić information content (AvgIpc) is 2.69. The van der Waals surface area contributed by atoms with Crippen molar-refractivity contribution in [3.05, 3.63) is 29.8 Å². The maximum absolute atomic E-state index is 12.9. The molecule has 1 atom stereocenters. The number of hydrogen-bond donors (Lipinski definition) is 0. The third kappa shape index (κ3) is 4.85. The van der Waals surface area contributed by atoms with Crippen molar-refractivity contribution in [2.75, 3.05) is 58.9 Å². The van der Waals surface area contributed by atoms with Crippen molar-refractivity contribution in [2.45, 2.75) is 32.1 Å². The number of benzene rings is 1. The summed E-state index contributed by atoms with van der Waals surface area (Å²) in [6.45, 7) is 3.54. The van der Waals surface area contributed by atoms with Crippen LogP contribution in [0.2, 0.25) is 0 Å². The topological polar surface area (TPSA) is 53.1 Å². The third-order valence-electron chi connectivity index (χ3n) is 6.14. The van der Waals surface area contributed by atoms with E-state index in [1.807, 2.05) is 36.0 Å². The molecule has 1 spiro atoms. The molecule has 6 nitrogen and oxygen atoms in total. The van der Waals surface area contributed by atoms with Gasteiger partial charge in [-0.1, -0.05) is 12.1 Å². The van der Waals surface area contributed by atoms with Gasteiger partial charge in [0.2, 0.25) is 11.8 Å². The first-order valence-corrected chi connectivity index (χ1v) is 10.2. The van der Waals surface area contributed by atoms with Gasteiger partial charge in [0.15, 0.2) is 0 Å². The molecule has 6 heteroatoms. The molecule has 2 aliphatic rings. The van der Waals surface area contributed by atoms with Gasteiger partial charge >= 0.3 is 0 Å². The Bertz CT molecular complexity index is 689. The molecule has 0 bridgehead atoms. The first kappa shape index (κ1) is 20.6. The zero-order valence-electron chi connectivity index (χ0n) is 17.4. The van der Waals surface area contributed by atoms with Crippen molar-refractivity contribution in [1.82, 2.24) is 9.80 Å². The molecule has 0 unspecified atom stereocenters. The number of amides is 2. The Hall–Kier alpha value is -2.08. The highest BCUT2D eigenvalue weighted by Crippen LogP contribution is 2.39. The van der Waals surface area contributed by atoms with Gasteiger partial charge < -0.3 is 19.4 Å². The first-order chi connectivity index (χ1) is 13.4. The number of methoxy groups -OCH3 is 1. The second-order valence-corrected chi connectivity index (χ2v) is 8.46. The predicted octanol–water partition coefficient (Wildman–Crippen LogP) is 2.17. The molecule has 154 valence electrons. The normalized spacial score (nSPS) is 22.6. The van der Waals surface area contributed by atoms with Gasteiger partial charge in [-0.25, -0.2) is 0 Å². The van der Waals surface area contributed by atoms with Crippen LogP contribution in [0.3, 0.4) is 0 Å². The van der Waals surface area contributed by atoms with Gasteiger partial charge in [-0.2, -0.15) is 0 Å². The molecule has 0 N–H and O–H groups in total. The minimum absolute atomic E-state index is 0.0460. The van der Waals surface area contributed by atoms with Gasteiger partial charge in [-0.05, 0) is 37.0 Å². The van der Waals surface area contributed by atoms with Crippen LogP contribution in [0.4, 0.5) is 5.69 Å². The Balaban J connectivity index is 1.62. The Labute approximate surface area is 168 Å². The first-order valence-electron chi connectivity index (χ1n) is 10.2. The van der Waals surface area contributed by atoms with Crippen LogP contribution in [-0.2, 0) is 20.7 Å². The van der Waals surface area contributed by atoms with Crippen LogP contribution in [0.1, 0.15) is 31.2 Å². The van der Waals surface area contributed by atoms with E-state index in [9.17, 15) is 9.59 Å². The van der Waals surface area contributed by atoms with Crippen LogP contribution in [-0.4, -0.2) is 75.6 Å². The van der Waals surface area contributed by atoms with Gasteiger partial charge in [-0.15, -0.1) is 0 Å². The molecule has 2 heterocycles. The number of carbonyl (C=O) groups excluding carboxylic acids is 2. The Morgan fingerprint density at radius 3 is 2.61 bits per heavy atom. The number of nitrogens with zero attached hydrogens (tertiary/aromatic N) is 3. The minimum atomic E-state index is 0.0460. The van der Waals surface area contributed by atoms with E-state index in [0.717, 1.165) is 50.1 Å². The summed E-state index contributed by atoms with van der Waals surface area (Å²) in [6.07, 6.45) is 4.01. The summed E-state index contributed by atoms with van der Waals surface area (Å²) in [6, 6.07) is 8.19. The number of carbonyl (C=O) groups is 2. The van der Waals surface area contributed by atoms with Crippen LogP contribution in [0.15, 0.2) is 24.3 Å². The number of rotatable bonds is 6. The van der Waals surface area contributed by atoms with E-state index in [0.29, 0.717) is 26.0 Å². The summed E-state index contributed by atoms with van der Waals surface area (Å²) < 4.78 is 5.16. The van der Waals surface area contributed by atoms with Crippen molar-refractivity contribution >= 4 is 17.5 Å². The van der Waals surface area contributed by atoms with Crippen LogP contribution < -0.4 is 4.90 Å². The van der Waals surface area contributed by atoms with Crippen LogP contribution in [0.25, 0.3) is 0 Å². The maximum atomic E-state index is 12.9. The van der Waals surface area contributed by atoms with E-state index in [2.05, 4.69) is 17.0 Å². The van der Waals surface area contributed by atoms with E-state index >= 15 is 0 Å². The SMILES string of the molecule is COCCN1C[C@@]2(CCCN(C(=O)Cc3ccc(N(C)C)cc3)C2)CCC1=O. The van der Waals surface area contributed by atoms with Crippen molar-refractivity contribution in [2.24, 2.45) is 5.41 Å². The number of likely N-dealkylation sites (tertiary alicyclic amines) is 2. The lowest BCUT2D eigenvalue weighted by molar-refractivity contribution is -0.143. The predicted molar refractivity (Wildman–Crippen MR) is 110 cm³/mol. The molecule has 0 aliphatic carbocycles. The van der Waals surface area contributed by atoms with Crippen LogP contribution >= 0.6 is 0 Å². The molecular weight excluding hydrogens is 354 g/mol. The summed E-state index contributed by atoms with van der Waals surface area (Å²) in [5.74, 6) is 0.407. The largest absolute Gasteiger partial charge is 0.383 e. The number of anilines is 1. The molecular formula is C22H33N3O3. The smallest absolute Gasteiger partial charge is 0.227 e. The Kier molecular flexibility index (Phi) is 6.60. The summed E-state index contributed by atoms with van der Waals surface area (Å²) in [7, 11) is 5.69. The van der Waals surface area contributed by atoms with Crippen molar-refractivity contribution < 1.29 is 14.3 Å². The standard InChI is InChI=1S/C22H33N3O3/c1-23(2)19-7-5-18(6-8-19)15-21(27)24-12-4-10-22(16-24)11-9-20(26)25(17-22)13-14-28-3/h5-8H,4,9-17H2,1-3H3/t22-/m0/s1. The molecule has 3 rings (SSSR count). The number of piperidine rings is 2. The lowest BCUT2D eigenvalue weighted by Gasteiger charge is -2.48. The van der Waals surface area contributed by atoms with E-state index in [1.165, 1.54) is 0 Å². The Morgan fingerprint density at radius 1 is 1.18 bits per heavy atom. The number of hydrogen-bond acceptors (Lipinski definition) is 4. The fraction of sp³-hybridized carbons (Fsp3) is 0.636. The molecule has 1 aromatic carbocycles. The van der Waals surface area contributed by atoms with E-state index in [4.69, 9.17) is 4.74 Å². The van der Waals surface area contributed by atoms with Gasteiger partial charge in [0.05, 0.1) is 13.0 Å². The molecule has 2 aliphatic heterocycles. The van der Waals surface area contributed by atoms with Gasteiger partial charge in [-0.3, -0.25) is 9.59 Å². The lowest BCUT2D eigenvalue weighted by Crippen LogP contribution is -2.55.